The Bertz CT molecular complexity index is 235. The largest absolute Gasteiger partial charge is 0.450 e. The fourth-order valence-electron chi connectivity index (χ4n) is 2.05. The number of nitrogens with two attached hydrogens (primary N) is 1. The lowest BCUT2D eigenvalue weighted by Crippen LogP contribution is -2.67. The lowest BCUT2D eigenvalue weighted by Gasteiger charge is -2.46. The summed E-state index contributed by atoms with van der Waals surface area (Å²) in [6, 6.07) is 0.198. The third kappa shape index (κ3) is 2.06. The van der Waals surface area contributed by atoms with Crippen LogP contribution in [-0.2, 0) is 9.47 Å². The number of hydrogen-bond donors (Lipinski definition) is 1. The molecule has 6 nitrogen and oxygen atoms in total. The monoisotopic (exact) mass is 215 g/mol. The lowest BCUT2D eigenvalue weighted by molar-refractivity contribution is -0.0937. The van der Waals surface area contributed by atoms with Crippen molar-refractivity contribution in [3.05, 3.63) is 0 Å². The minimum atomic E-state index is -0.248. The second kappa shape index (κ2) is 4.34. The maximum absolute atomic E-state index is 11.5. The van der Waals surface area contributed by atoms with Crippen LogP contribution in [0.2, 0.25) is 0 Å². The van der Waals surface area contributed by atoms with Crippen LogP contribution < -0.4 is 5.84 Å². The van der Waals surface area contributed by atoms with Gasteiger partial charge in [0.2, 0.25) is 0 Å². The summed E-state index contributed by atoms with van der Waals surface area (Å²) >= 11 is 0. The van der Waals surface area contributed by atoms with Gasteiger partial charge >= 0.3 is 6.09 Å². The molecule has 0 aliphatic carbocycles. The first-order valence-electron chi connectivity index (χ1n) is 5.25. The van der Waals surface area contributed by atoms with Gasteiger partial charge in [-0.15, -0.1) is 0 Å². The number of piperazine rings is 1. The van der Waals surface area contributed by atoms with Gasteiger partial charge in [-0.05, 0) is 6.92 Å². The highest BCUT2D eigenvalue weighted by Gasteiger charge is 2.38. The van der Waals surface area contributed by atoms with Crippen molar-refractivity contribution < 1.29 is 14.3 Å². The number of rotatable bonds is 1. The third-order valence-electron chi connectivity index (χ3n) is 2.85. The number of hydrazine groups is 1. The first-order chi connectivity index (χ1) is 7.22. The van der Waals surface area contributed by atoms with E-state index in [9.17, 15) is 4.79 Å². The van der Waals surface area contributed by atoms with Gasteiger partial charge in [-0.1, -0.05) is 0 Å². The van der Waals surface area contributed by atoms with Crippen molar-refractivity contribution in [1.82, 2.24) is 9.91 Å². The van der Waals surface area contributed by atoms with Gasteiger partial charge in [0, 0.05) is 13.1 Å². The molecule has 2 rings (SSSR count). The van der Waals surface area contributed by atoms with Gasteiger partial charge < -0.3 is 14.4 Å². The number of hydrogen-bond acceptors (Lipinski definition) is 5. The topological polar surface area (TPSA) is 68.0 Å². The van der Waals surface area contributed by atoms with Crippen LogP contribution in [0.4, 0.5) is 4.79 Å². The fourth-order valence-corrected chi connectivity index (χ4v) is 2.05. The van der Waals surface area contributed by atoms with Crippen LogP contribution in [0, 0.1) is 0 Å². The van der Waals surface area contributed by atoms with E-state index in [1.54, 1.807) is 16.8 Å². The smallest absolute Gasteiger partial charge is 0.409 e. The molecule has 86 valence electrons. The predicted octanol–water partition coefficient (Wildman–Crippen LogP) is -0.598. The average molecular weight is 215 g/mol. The summed E-state index contributed by atoms with van der Waals surface area (Å²) < 4.78 is 10.4. The predicted molar refractivity (Wildman–Crippen MR) is 53.0 cm³/mol. The maximum atomic E-state index is 11.5. The first kappa shape index (κ1) is 10.7. The Labute approximate surface area is 88.9 Å². The van der Waals surface area contributed by atoms with Crippen molar-refractivity contribution in [1.29, 1.82) is 0 Å². The first-order valence-corrected chi connectivity index (χ1v) is 5.25. The van der Waals surface area contributed by atoms with Gasteiger partial charge in [-0.25, -0.2) is 9.80 Å². The van der Waals surface area contributed by atoms with Gasteiger partial charge in [-0.2, -0.15) is 0 Å². The number of morpholine rings is 1. The molecule has 0 aromatic rings. The molecule has 2 N–H and O–H groups in total. The minimum Gasteiger partial charge on any atom is -0.450 e. The van der Waals surface area contributed by atoms with Crippen molar-refractivity contribution in [3.8, 4) is 0 Å². The summed E-state index contributed by atoms with van der Waals surface area (Å²) in [6.07, 6.45) is -0.248. The van der Waals surface area contributed by atoms with E-state index in [0.29, 0.717) is 32.9 Å². The molecule has 0 aromatic heterocycles. The molecule has 2 unspecified atom stereocenters. The molecule has 2 fully saturated rings. The Kier molecular flexibility index (Phi) is 3.08. The minimum absolute atomic E-state index is 0.0990. The van der Waals surface area contributed by atoms with Crippen LogP contribution in [0.5, 0.6) is 0 Å². The Morgan fingerprint density at radius 2 is 2.07 bits per heavy atom. The molecule has 2 saturated heterocycles. The third-order valence-corrected chi connectivity index (χ3v) is 2.85. The molecule has 2 bridgehead atoms. The summed E-state index contributed by atoms with van der Waals surface area (Å²) in [4.78, 5) is 13.3. The van der Waals surface area contributed by atoms with Crippen LogP contribution >= 0.6 is 0 Å². The van der Waals surface area contributed by atoms with Gasteiger partial charge in [-0.3, -0.25) is 5.84 Å². The quantitative estimate of drug-likeness (QED) is 0.592. The Morgan fingerprint density at radius 3 is 2.60 bits per heavy atom. The Morgan fingerprint density at radius 1 is 1.47 bits per heavy atom. The number of fused-ring (bicyclic) bond motifs is 2. The molecule has 2 heterocycles. The molecule has 0 spiro atoms. The highest BCUT2D eigenvalue weighted by atomic mass is 16.6. The number of carbonyl (C=O) groups is 1. The van der Waals surface area contributed by atoms with E-state index >= 15 is 0 Å². The van der Waals surface area contributed by atoms with E-state index in [1.807, 2.05) is 0 Å². The fraction of sp³-hybridized carbons (Fsp3) is 0.889. The number of ether oxygens (including phenoxy) is 2. The van der Waals surface area contributed by atoms with E-state index in [2.05, 4.69) is 0 Å². The molecule has 0 saturated carbocycles. The van der Waals surface area contributed by atoms with Gasteiger partial charge in [0.15, 0.2) is 0 Å². The highest BCUT2D eigenvalue weighted by molar-refractivity contribution is 5.67. The van der Waals surface area contributed by atoms with E-state index in [1.165, 1.54) is 0 Å². The van der Waals surface area contributed by atoms with E-state index < -0.39 is 0 Å². The van der Waals surface area contributed by atoms with Crippen molar-refractivity contribution in [2.45, 2.75) is 19.0 Å². The van der Waals surface area contributed by atoms with Crippen molar-refractivity contribution in [2.24, 2.45) is 5.84 Å². The number of carbonyl (C=O) groups excluding carboxylic acids is 1. The maximum Gasteiger partial charge on any atom is 0.409 e. The SMILES string of the molecule is CCOC(=O)N1CC2COCC(C1)N2N. The van der Waals surface area contributed by atoms with Crippen molar-refractivity contribution >= 4 is 6.09 Å². The van der Waals surface area contributed by atoms with Crippen molar-refractivity contribution in [2.75, 3.05) is 32.9 Å². The zero-order valence-electron chi connectivity index (χ0n) is 8.89. The van der Waals surface area contributed by atoms with Crippen molar-refractivity contribution in [3.63, 3.8) is 0 Å². The molecule has 15 heavy (non-hydrogen) atoms. The second-order valence-corrected chi connectivity index (χ2v) is 3.90. The molecule has 2 aliphatic rings. The van der Waals surface area contributed by atoms with Crippen LogP contribution in [0.15, 0.2) is 0 Å². The van der Waals surface area contributed by atoms with E-state index in [-0.39, 0.29) is 18.2 Å². The van der Waals surface area contributed by atoms with Crippen LogP contribution in [0.1, 0.15) is 6.92 Å². The van der Waals surface area contributed by atoms with Gasteiger partial charge in [0.05, 0.1) is 31.9 Å². The van der Waals surface area contributed by atoms with Crippen LogP contribution in [0.3, 0.4) is 0 Å². The second-order valence-electron chi connectivity index (χ2n) is 3.90. The summed E-state index contributed by atoms with van der Waals surface area (Å²) in [5, 5.41) is 1.80. The standard InChI is InChI=1S/C9H17N3O3/c1-2-15-9(13)11-3-7-5-14-6-8(4-11)12(7)10/h7-8H,2-6,10H2,1H3. The lowest BCUT2D eigenvalue weighted by atomic mass is 10.1. The molecule has 0 aromatic carbocycles. The molecule has 0 radical (unpaired) electrons. The van der Waals surface area contributed by atoms with E-state index in [0.717, 1.165) is 0 Å². The molecule has 2 aliphatic heterocycles. The molecule has 6 heteroatoms. The normalized spacial score (nSPS) is 31.5. The summed E-state index contributed by atoms with van der Waals surface area (Å²) in [7, 11) is 0. The Balaban J connectivity index is 1.98. The number of amides is 1. The summed E-state index contributed by atoms with van der Waals surface area (Å²) in [5.41, 5.74) is 0. The zero-order valence-corrected chi connectivity index (χ0v) is 8.89. The van der Waals surface area contributed by atoms with Crippen LogP contribution in [-0.4, -0.2) is 61.0 Å². The zero-order chi connectivity index (χ0) is 10.8. The van der Waals surface area contributed by atoms with Gasteiger partial charge in [0.25, 0.3) is 0 Å². The van der Waals surface area contributed by atoms with Crippen LogP contribution in [0.25, 0.3) is 0 Å². The Hall–Kier alpha value is -0.850. The molecular weight excluding hydrogens is 198 g/mol. The summed E-state index contributed by atoms with van der Waals surface area (Å²) in [6.45, 7) is 4.57. The summed E-state index contributed by atoms with van der Waals surface area (Å²) in [5.74, 6) is 5.90. The highest BCUT2D eigenvalue weighted by Crippen LogP contribution is 2.18. The van der Waals surface area contributed by atoms with E-state index in [4.69, 9.17) is 15.3 Å². The average Bonchev–Trinajstić information content (AvgIpc) is 2.17. The molecule has 1 amide bonds. The number of nitrogens with zero attached hydrogens (tertiary/aromatic N) is 2. The molecular formula is C9H17N3O3. The van der Waals surface area contributed by atoms with Gasteiger partial charge in [0.1, 0.15) is 0 Å². The molecule has 2 atom stereocenters.